The molecule has 1 saturated heterocycles. The van der Waals surface area contributed by atoms with Crippen LogP contribution in [0.5, 0.6) is 5.75 Å². The first-order valence-corrected chi connectivity index (χ1v) is 7.02. The summed E-state index contributed by atoms with van der Waals surface area (Å²) in [7, 11) is 0. The van der Waals surface area contributed by atoms with E-state index in [0.29, 0.717) is 11.8 Å². The van der Waals surface area contributed by atoms with Gasteiger partial charge in [-0.2, -0.15) is 0 Å². The first-order valence-electron chi connectivity index (χ1n) is 7.02. The molecule has 3 nitrogen and oxygen atoms in total. The topological polar surface area (TPSA) is 38.5 Å². The molecule has 0 saturated carbocycles. The Morgan fingerprint density at radius 1 is 1.22 bits per heavy atom. The summed E-state index contributed by atoms with van der Waals surface area (Å²) >= 11 is 0. The fourth-order valence-corrected chi connectivity index (χ4v) is 3.26. The molecule has 2 aliphatic rings. The SMILES string of the molecule is NCCCCN1C[C@@H]2COc3ccccc3[C@@H]2C1. The minimum Gasteiger partial charge on any atom is -0.493 e. The van der Waals surface area contributed by atoms with E-state index in [1.807, 2.05) is 0 Å². The zero-order chi connectivity index (χ0) is 12.4. The predicted molar refractivity (Wildman–Crippen MR) is 72.9 cm³/mol. The minimum atomic E-state index is 0.674. The molecule has 3 heteroatoms. The molecule has 0 spiro atoms. The highest BCUT2D eigenvalue weighted by molar-refractivity contribution is 5.39. The van der Waals surface area contributed by atoms with Gasteiger partial charge in [0.15, 0.2) is 0 Å². The van der Waals surface area contributed by atoms with Gasteiger partial charge in [-0.1, -0.05) is 18.2 Å². The predicted octanol–water partition coefficient (Wildman–Crippen LogP) is 1.83. The number of hydrogen-bond acceptors (Lipinski definition) is 3. The van der Waals surface area contributed by atoms with E-state index in [1.165, 1.54) is 31.6 Å². The third-order valence-corrected chi connectivity index (χ3v) is 4.22. The number of rotatable bonds is 4. The van der Waals surface area contributed by atoms with Gasteiger partial charge in [0.2, 0.25) is 0 Å². The Kier molecular flexibility index (Phi) is 3.52. The maximum atomic E-state index is 5.86. The second-order valence-electron chi connectivity index (χ2n) is 5.47. The number of hydrogen-bond donors (Lipinski definition) is 1. The fourth-order valence-electron chi connectivity index (χ4n) is 3.26. The Hall–Kier alpha value is -1.06. The molecule has 0 amide bonds. The maximum absolute atomic E-state index is 5.86. The first kappa shape index (κ1) is 12.0. The van der Waals surface area contributed by atoms with Crippen molar-refractivity contribution in [2.45, 2.75) is 18.8 Å². The van der Waals surface area contributed by atoms with Gasteiger partial charge in [-0.05, 0) is 37.6 Å². The Labute approximate surface area is 109 Å². The van der Waals surface area contributed by atoms with Gasteiger partial charge in [-0.3, -0.25) is 0 Å². The number of unbranched alkanes of at least 4 members (excludes halogenated alkanes) is 1. The summed E-state index contributed by atoms with van der Waals surface area (Å²) in [6.07, 6.45) is 2.36. The molecule has 0 bridgehead atoms. The van der Waals surface area contributed by atoms with Crippen LogP contribution in [0.25, 0.3) is 0 Å². The smallest absolute Gasteiger partial charge is 0.122 e. The van der Waals surface area contributed by atoms with Gasteiger partial charge in [0.25, 0.3) is 0 Å². The van der Waals surface area contributed by atoms with Gasteiger partial charge in [-0.25, -0.2) is 0 Å². The number of likely N-dealkylation sites (tertiary alicyclic amines) is 1. The highest BCUT2D eigenvalue weighted by Gasteiger charge is 2.38. The number of fused-ring (bicyclic) bond motifs is 3. The van der Waals surface area contributed by atoms with Crippen molar-refractivity contribution in [3.63, 3.8) is 0 Å². The lowest BCUT2D eigenvalue weighted by Gasteiger charge is -2.27. The first-order chi connectivity index (χ1) is 8.88. The van der Waals surface area contributed by atoms with Crippen LogP contribution in [0.3, 0.4) is 0 Å². The van der Waals surface area contributed by atoms with E-state index in [4.69, 9.17) is 10.5 Å². The van der Waals surface area contributed by atoms with Crippen molar-refractivity contribution in [3.05, 3.63) is 29.8 Å². The van der Waals surface area contributed by atoms with Crippen LogP contribution in [0.4, 0.5) is 0 Å². The molecule has 0 aliphatic carbocycles. The molecule has 0 unspecified atom stereocenters. The molecular weight excluding hydrogens is 224 g/mol. The maximum Gasteiger partial charge on any atom is 0.122 e. The Morgan fingerprint density at radius 3 is 3.00 bits per heavy atom. The van der Waals surface area contributed by atoms with Crippen molar-refractivity contribution in [3.8, 4) is 5.75 Å². The van der Waals surface area contributed by atoms with Crippen molar-refractivity contribution in [1.82, 2.24) is 4.90 Å². The van der Waals surface area contributed by atoms with Crippen LogP contribution >= 0.6 is 0 Å². The van der Waals surface area contributed by atoms with E-state index < -0.39 is 0 Å². The molecular formula is C15H22N2O. The van der Waals surface area contributed by atoms with Crippen LogP contribution in [0, 0.1) is 5.92 Å². The lowest BCUT2D eigenvalue weighted by molar-refractivity contribution is 0.212. The molecule has 2 N–H and O–H groups in total. The summed E-state index contributed by atoms with van der Waals surface area (Å²) in [5.74, 6) is 2.45. The summed E-state index contributed by atoms with van der Waals surface area (Å²) in [5, 5.41) is 0. The van der Waals surface area contributed by atoms with Gasteiger partial charge in [-0.15, -0.1) is 0 Å². The summed E-state index contributed by atoms with van der Waals surface area (Å²) in [5.41, 5.74) is 6.97. The van der Waals surface area contributed by atoms with Crippen molar-refractivity contribution in [1.29, 1.82) is 0 Å². The Morgan fingerprint density at radius 2 is 2.11 bits per heavy atom. The van der Waals surface area contributed by atoms with Crippen LogP contribution in [-0.4, -0.2) is 37.7 Å². The van der Waals surface area contributed by atoms with Gasteiger partial charge >= 0.3 is 0 Å². The number of benzene rings is 1. The zero-order valence-electron chi connectivity index (χ0n) is 10.8. The molecule has 1 aromatic carbocycles. The third-order valence-electron chi connectivity index (χ3n) is 4.22. The zero-order valence-corrected chi connectivity index (χ0v) is 10.8. The van der Waals surface area contributed by atoms with E-state index in [9.17, 15) is 0 Å². The van der Waals surface area contributed by atoms with Crippen LogP contribution in [0.2, 0.25) is 0 Å². The second-order valence-corrected chi connectivity index (χ2v) is 5.47. The Bertz CT molecular complexity index is 407. The molecule has 0 radical (unpaired) electrons. The molecule has 2 atom stereocenters. The lowest BCUT2D eigenvalue weighted by Crippen LogP contribution is -2.25. The molecule has 1 aromatic rings. The number of ether oxygens (including phenoxy) is 1. The molecule has 2 aliphatic heterocycles. The number of nitrogens with zero attached hydrogens (tertiary/aromatic N) is 1. The highest BCUT2D eigenvalue weighted by atomic mass is 16.5. The third kappa shape index (κ3) is 2.25. The molecule has 3 rings (SSSR count). The standard InChI is InChI=1S/C15H22N2O/c16-7-3-4-8-17-9-12-11-18-15-6-2-1-5-13(15)14(12)10-17/h1-2,5-6,12,14H,3-4,7-11,16H2/t12-,14-/m1/s1. The fraction of sp³-hybridized carbons (Fsp3) is 0.600. The summed E-state index contributed by atoms with van der Waals surface area (Å²) in [4.78, 5) is 2.58. The average Bonchev–Trinajstić information content (AvgIpc) is 2.82. The van der Waals surface area contributed by atoms with Crippen LogP contribution in [-0.2, 0) is 0 Å². The number of para-hydroxylation sites is 1. The Balaban J connectivity index is 1.67. The van der Waals surface area contributed by atoms with Gasteiger partial charge < -0.3 is 15.4 Å². The van der Waals surface area contributed by atoms with E-state index in [1.54, 1.807) is 0 Å². The van der Waals surface area contributed by atoms with Gasteiger partial charge in [0.1, 0.15) is 5.75 Å². The highest BCUT2D eigenvalue weighted by Crippen LogP contribution is 2.41. The molecule has 1 fully saturated rings. The molecule has 98 valence electrons. The van der Waals surface area contributed by atoms with E-state index in [0.717, 1.165) is 25.3 Å². The largest absolute Gasteiger partial charge is 0.493 e. The van der Waals surface area contributed by atoms with Gasteiger partial charge in [0, 0.05) is 24.9 Å². The van der Waals surface area contributed by atoms with Crippen molar-refractivity contribution >= 4 is 0 Å². The lowest BCUT2D eigenvalue weighted by atomic mass is 9.87. The summed E-state index contributed by atoms with van der Waals surface area (Å²) < 4.78 is 5.86. The van der Waals surface area contributed by atoms with Crippen LogP contribution in [0.15, 0.2) is 24.3 Å². The van der Waals surface area contributed by atoms with Gasteiger partial charge in [0.05, 0.1) is 6.61 Å². The van der Waals surface area contributed by atoms with E-state index in [2.05, 4.69) is 29.2 Å². The minimum absolute atomic E-state index is 0.674. The van der Waals surface area contributed by atoms with E-state index >= 15 is 0 Å². The average molecular weight is 246 g/mol. The van der Waals surface area contributed by atoms with Crippen LogP contribution in [0.1, 0.15) is 24.3 Å². The second kappa shape index (κ2) is 5.29. The quantitative estimate of drug-likeness (QED) is 0.824. The van der Waals surface area contributed by atoms with E-state index in [-0.39, 0.29) is 0 Å². The van der Waals surface area contributed by atoms with Crippen molar-refractivity contribution in [2.75, 3.05) is 32.8 Å². The van der Waals surface area contributed by atoms with Crippen molar-refractivity contribution < 1.29 is 4.74 Å². The summed E-state index contributed by atoms with van der Waals surface area (Å²) in [6.45, 7) is 5.26. The number of nitrogens with two attached hydrogens (primary N) is 1. The normalized spacial score (nSPS) is 26.5. The molecule has 2 heterocycles. The van der Waals surface area contributed by atoms with Crippen LogP contribution < -0.4 is 10.5 Å². The monoisotopic (exact) mass is 246 g/mol. The van der Waals surface area contributed by atoms with Crippen molar-refractivity contribution in [2.24, 2.45) is 11.7 Å². The summed E-state index contributed by atoms with van der Waals surface area (Å²) in [6, 6.07) is 8.52. The molecule has 0 aromatic heterocycles. The molecule has 18 heavy (non-hydrogen) atoms.